The van der Waals surface area contributed by atoms with Crippen molar-refractivity contribution in [3.05, 3.63) is 152 Å². The summed E-state index contributed by atoms with van der Waals surface area (Å²) in [6, 6.07) is 52.0. The van der Waals surface area contributed by atoms with Gasteiger partial charge in [0.05, 0.1) is 22.9 Å². The van der Waals surface area contributed by atoms with Crippen molar-refractivity contribution in [2.45, 2.75) is 0 Å². The third-order valence-corrected chi connectivity index (χ3v) is 11.0. The summed E-state index contributed by atoms with van der Waals surface area (Å²) >= 11 is 1.88. The average Bonchev–Trinajstić information content (AvgIpc) is 3.82. The van der Waals surface area contributed by atoms with Crippen LogP contribution in [0.5, 0.6) is 0 Å². The first-order chi connectivity index (χ1) is 24.3. The van der Waals surface area contributed by atoms with Gasteiger partial charge in [-0.15, -0.1) is 11.3 Å². The molecule has 0 N–H and O–H groups in total. The predicted octanol–water partition coefficient (Wildman–Crippen LogP) is 12.3. The van der Waals surface area contributed by atoms with E-state index in [9.17, 15) is 0 Å². The van der Waals surface area contributed by atoms with Crippen LogP contribution in [0.15, 0.2) is 156 Å². The standard InChI is InChI=1S/C44H25N3OS/c1-2-10-29-24-39-35(23-28(29)9-1)42-44(48-39)46-36(25-45-42)30-13-7-11-26(21-30)27-12-8-14-31(22-27)47-37-17-5-3-16-34(37)41-38(47)20-19-33-32-15-4-6-18-40(32)49-43(33)41/h1-25H. The molecular formula is C44H25N3OS. The Hall–Kier alpha value is -6.30. The van der Waals surface area contributed by atoms with Gasteiger partial charge in [-0.25, -0.2) is 9.97 Å². The molecule has 0 bridgehead atoms. The third-order valence-electron chi connectivity index (χ3n) is 9.83. The van der Waals surface area contributed by atoms with Crippen molar-refractivity contribution in [1.82, 2.24) is 14.5 Å². The molecule has 0 atom stereocenters. The first kappa shape index (κ1) is 26.7. The largest absolute Gasteiger partial charge is 0.436 e. The van der Waals surface area contributed by atoms with Crippen LogP contribution in [0.4, 0.5) is 0 Å². The number of para-hydroxylation sites is 1. The molecule has 0 fully saturated rings. The van der Waals surface area contributed by atoms with Gasteiger partial charge in [-0.05, 0) is 70.4 Å². The minimum absolute atomic E-state index is 0.550. The molecule has 7 aromatic carbocycles. The van der Waals surface area contributed by atoms with Crippen LogP contribution in [-0.2, 0) is 0 Å². The minimum Gasteiger partial charge on any atom is -0.436 e. The first-order valence-corrected chi connectivity index (χ1v) is 17.2. The van der Waals surface area contributed by atoms with E-state index in [-0.39, 0.29) is 0 Å². The Morgan fingerprint density at radius 1 is 0.551 bits per heavy atom. The number of furan rings is 1. The maximum absolute atomic E-state index is 6.23. The number of thiophene rings is 1. The molecule has 11 rings (SSSR count). The molecule has 0 spiro atoms. The number of hydrogen-bond donors (Lipinski definition) is 0. The Kier molecular flexibility index (Phi) is 5.51. The summed E-state index contributed by atoms with van der Waals surface area (Å²) in [5.41, 5.74) is 9.71. The molecule has 4 aromatic heterocycles. The first-order valence-electron chi connectivity index (χ1n) is 16.4. The van der Waals surface area contributed by atoms with Crippen molar-refractivity contribution in [1.29, 1.82) is 0 Å². The van der Waals surface area contributed by atoms with Gasteiger partial charge in [-0.1, -0.05) is 97.1 Å². The number of aromatic nitrogens is 3. The normalized spacial score (nSPS) is 12.1. The number of fused-ring (bicyclic) bond motifs is 11. The van der Waals surface area contributed by atoms with Crippen LogP contribution in [0, 0.1) is 0 Å². The van der Waals surface area contributed by atoms with Crippen LogP contribution in [0.3, 0.4) is 0 Å². The maximum Gasteiger partial charge on any atom is 0.246 e. The molecule has 4 heterocycles. The molecule has 5 heteroatoms. The summed E-state index contributed by atoms with van der Waals surface area (Å²) in [5.74, 6) is 0. The van der Waals surface area contributed by atoms with Gasteiger partial charge in [0, 0.05) is 47.6 Å². The van der Waals surface area contributed by atoms with Crippen LogP contribution in [0.2, 0.25) is 0 Å². The second kappa shape index (κ2) is 10.1. The van der Waals surface area contributed by atoms with Crippen LogP contribution in [-0.4, -0.2) is 14.5 Å². The molecule has 0 aliphatic rings. The molecule has 0 unspecified atom stereocenters. The molecule has 4 nitrogen and oxygen atoms in total. The summed E-state index contributed by atoms with van der Waals surface area (Å²) < 4.78 is 11.3. The zero-order valence-corrected chi connectivity index (χ0v) is 26.9. The van der Waals surface area contributed by atoms with Crippen LogP contribution in [0.25, 0.3) is 103 Å². The quantitative estimate of drug-likeness (QED) is 0.192. The molecule has 0 saturated heterocycles. The molecule has 11 aromatic rings. The van der Waals surface area contributed by atoms with Crippen LogP contribution in [0.1, 0.15) is 0 Å². The Balaban J connectivity index is 1.04. The Bertz CT molecular complexity index is 3130. The van der Waals surface area contributed by atoms with E-state index in [0.717, 1.165) is 55.3 Å². The number of rotatable bonds is 3. The molecule has 0 amide bonds. The molecule has 0 saturated carbocycles. The lowest BCUT2D eigenvalue weighted by Gasteiger charge is -2.11. The van der Waals surface area contributed by atoms with E-state index in [2.05, 4.69) is 144 Å². The van der Waals surface area contributed by atoms with Gasteiger partial charge in [-0.2, -0.15) is 0 Å². The van der Waals surface area contributed by atoms with Gasteiger partial charge >= 0.3 is 0 Å². The van der Waals surface area contributed by atoms with Crippen molar-refractivity contribution in [3.8, 4) is 28.1 Å². The SMILES string of the molecule is c1cc(-c2cccc(-n3c4ccccc4c4c5sc6ccccc6c5ccc43)c2)cc(-c2cnc3c(n2)oc2cc4ccccc4cc23)c1. The second-order valence-corrected chi connectivity index (χ2v) is 13.7. The average molecular weight is 644 g/mol. The fourth-order valence-electron chi connectivity index (χ4n) is 7.56. The fraction of sp³-hybridized carbons (Fsp3) is 0. The summed E-state index contributed by atoms with van der Waals surface area (Å²) in [4.78, 5) is 9.78. The highest BCUT2D eigenvalue weighted by Crippen LogP contribution is 2.43. The van der Waals surface area contributed by atoms with E-state index < -0.39 is 0 Å². The lowest BCUT2D eigenvalue weighted by molar-refractivity contribution is 0.654. The van der Waals surface area contributed by atoms with Crippen molar-refractivity contribution in [3.63, 3.8) is 0 Å². The van der Waals surface area contributed by atoms with Gasteiger partial charge in [0.2, 0.25) is 5.71 Å². The lowest BCUT2D eigenvalue weighted by atomic mass is 10.0. The number of hydrogen-bond acceptors (Lipinski definition) is 4. The zero-order chi connectivity index (χ0) is 32.1. The summed E-state index contributed by atoms with van der Waals surface area (Å²) in [6.07, 6.45) is 1.86. The number of nitrogens with zero attached hydrogens (tertiary/aromatic N) is 3. The maximum atomic E-state index is 6.23. The highest BCUT2D eigenvalue weighted by Gasteiger charge is 2.18. The highest BCUT2D eigenvalue weighted by atomic mass is 32.1. The van der Waals surface area contributed by atoms with Crippen molar-refractivity contribution < 1.29 is 4.42 Å². The fourth-order valence-corrected chi connectivity index (χ4v) is 8.81. The summed E-state index contributed by atoms with van der Waals surface area (Å²) in [7, 11) is 0. The lowest BCUT2D eigenvalue weighted by Crippen LogP contribution is -1.94. The highest BCUT2D eigenvalue weighted by molar-refractivity contribution is 7.26. The molecule has 228 valence electrons. The minimum atomic E-state index is 0.550. The monoisotopic (exact) mass is 643 g/mol. The van der Waals surface area contributed by atoms with Gasteiger partial charge in [-0.3, -0.25) is 0 Å². The van der Waals surface area contributed by atoms with Crippen molar-refractivity contribution in [2.75, 3.05) is 0 Å². The Labute approximate surface area is 284 Å². The molecule has 49 heavy (non-hydrogen) atoms. The number of benzene rings is 7. The smallest absolute Gasteiger partial charge is 0.246 e. The van der Waals surface area contributed by atoms with Crippen molar-refractivity contribution in [2.24, 2.45) is 0 Å². The molecule has 0 aliphatic carbocycles. The predicted molar refractivity (Wildman–Crippen MR) is 205 cm³/mol. The molecular weight excluding hydrogens is 619 g/mol. The van der Waals surface area contributed by atoms with E-state index in [1.54, 1.807) is 0 Å². The van der Waals surface area contributed by atoms with Gasteiger partial charge in [0.15, 0.2) is 0 Å². The third kappa shape index (κ3) is 3.97. The second-order valence-electron chi connectivity index (χ2n) is 12.6. The Morgan fingerprint density at radius 3 is 2.22 bits per heavy atom. The summed E-state index contributed by atoms with van der Waals surface area (Å²) in [6.45, 7) is 0. The zero-order valence-electron chi connectivity index (χ0n) is 26.1. The topological polar surface area (TPSA) is 43.9 Å². The van der Waals surface area contributed by atoms with E-state index in [4.69, 9.17) is 14.4 Å². The van der Waals surface area contributed by atoms with Gasteiger partial charge in [0.25, 0.3) is 0 Å². The van der Waals surface area contributed by atoms with Crippen LogP contribution < -0.4 is 0 Å². The summed E-state index contributed by atoms with van der Waals surface area (Å²) in [5, 5.41) is 8.51. The van der Waals surface area contributed by atoms with Gasteiger partial charge < -0.3 is 8.98 Å². The molecule has 0 aliphatic heterocycles. The Morgan fingerprint density at radius 2 is 1.31 bits per heavy atom. The van der Waals surface area contributed by atoms with E-state index in [1.807, 2.05) is 23.6 Å². The van der Waals surface area contributed by atoms with E-state index in [1.165, 1.54) is 42.0 Å². The van der Waals surface area contributed by atoms with Crippen molar-refractivity contribution >= 4 is 86.3 Å². The van der Waals surface area contributed by atoms with Crippen LogP contribution >= 0.6 is 11.3 Å². The van der Waals surface area contributed by atoms with E-state index >= 15 is 0 Å². The van der Waals surface area contributed by atoms with Gasteiger partial charge in [0.1, 0.15) is 11.1 Å². The van der Waals surface area contributed by atoms with E-state index in [0.29, 0.717) is 5.71 Å². The molecule has 0 radical (unpaired) electrons.